The molecule has 3 heterocycles. The first kappa shape index (κ1) is 16.5. The highest BCUT2D eigenvalue weighted by atomic mass is 19.1. The lowest BCUT2D eigenvalue weighted by Crippen LogP contribution is -2.41. The van der Waals surface area contributed by atoms with E-state index in [1.54, 1.807) is 18.2 Å². The van der Waals surface area contributed by atoms with Crippen LogP contribution in [-0.4, -0.2) is 29.0 Å². The Morgan fingerprint density at radius 2 is 2.04 bits per heavy atom. The summed E-state index contributed by atoms with van der Waals surface area (Å²) < 4.78 is 13.2. The quantitative estimate of drug-likeness (QED) is 0.896. The van der Waals surface area contributed by atoms with E-state index in [1.807, 2.05) is 0 Å². The van der Waals surface area contributed by atoms with Gasteiger partial charge in [-0.1, -0.05) is 6.07 Å². The van der Waals surface area contributed by atoms with Crippen molar-refractivity contribution in [1.29, 1.82) is 0 Å². The third kappa shape index (κ3) is 3.66. The van der Waals surface area contributed by atoms with Crippen molar-refractivity contribution in [3.05, 3.63) is 41.8 Å². The number of aromatic nitrogens is 1. The van der Waals surface area contributed by atoms with Crippen LogP contribution in [-0.2, 0) is 0 Å². The largest absolute Gasteiger partial charge is 0.348 e. The number of nitrogens with zero attached hydrogens (tertiary/aromatic N) is 1. The Balaban J connectivity index is 1.38. The first-order valence-electron chi connectivity index (χ1n) is 9.20. The zero-order chi connectivity index (χ0) is 17.4. The van der Waals surface area contributed by atoms with Crippen molar-refractivity contribution in [2.45, 2.75) is 57.2 Å². The van der Waals surface area contributed by atoms with Gasteiger partial charge in [-0.25, -0.2) is 9.37 Å². The Bertz CT molecular complexity index is 782. The molecule has 2 saturated heterocycles. The van der Waals surface area contributed by atoms with Crippen LogP contribution in [0.15, 0.2) is 30.3 Å². The number of carbonyl (C=O) groups excluding carboxylic acids is 1. The second-order valence-corrected chi connectivity index (χ2v) is 7.62. The molecule has 1 aromatic heterocycles. The van der Waals surface area contributed by atoms with Crippen LogP contribution in [0.4, 0.5) is 4.39 Å². The van der Waals surface area contributed by atoms with Crippen molar-refractivity contribution in [3.63, 3.8) is 0 Å². The van der Waals surface area contributed by atoms with Crippen molar-refractivity contribution in [3.8, 4) is 0 Å². The summed E-state index contributed by atoms with van der Waals surface area (Å²) >= 11 is 0. The van der Waals surface area contributed by atoms with E-state index < -0.39 is 0 Å². The molecule has 0 radical (unpaired) electrons. The number of carbonyl (C=O) groups is 1. The van der Waals surface area contributed by atoms with Crippen molar-refractivity contribution in [2.75, 3.05) is 0 Å². The van der Waals surface area contributed by atoms with Gasteiger partial charge in [0.15, 0.2) is 0 Å². The number of rotatable bonds is 4. The van der Waals surface area contributed by atoms with Crippen LogP contribution in [0.25, 0.3) is 10.9 Å². The molecule has 2 aromatic rings. The summed E-state index contributed by atoms with van der Waals surface area (Å²) in [4.78, 5) is 16.8. The monoisotopic (exact) mass is 341 g/mol. The molecule has 2 aliphatic heterocycles. The molecule has 1 aromatic carbocycles. The number of piperidine rings is 1. The van der Waals surface area contributed by atoms with Gasteiger partial charge in [0.05, 0.1) is 5.52 Å². The second kappa shape index (κ2) is 6.71. The Morgan fingerprint density at radius 1 is 1.28 bits per heavy atom. The minimum atomic E-state index is -0.295. The zero-order valence-electron chi connectivity index (χ0n) is 14.5. The van der Waals surface area contributed by atoms with Crippen LogP contribution in [0.2, 0.25) is 0 Å². The molecular formula is C20H24FN3O. The summed E-state index contributed by atoms with van der Waals surface area (Å²) in [7, 11) is 0. The molecule has 0 saturated carbocycles. The van der Waals surface area contributed by atoms with E-state index in [0.717, 1.165) is 6.42 Å². The summed E-state index contributed by atoms with van der Waals surface area (Å²) in [5, 5.41) is 7.43. The van der Waals surface area contributed by atoms with Crippen LogP contribution >= 0.6 is 0 Å². The zero-order valence-corrected chi connectivity index (χ0v) is 14.5. The highest BCUT2D eigenvalue weighted by Crippen LogP contribution is 2.33. The van der Waals surface area contributed by atoms with E-state index in [2.05, 4.69) is 22.5 Å². The van der Waals surface area contributed by atoms with Gasteiger partial charge in [-0.05, 0) is 69.2 Å². The Kier molecular flexibility index (Phi) is 4.42. The Labute approximate surface area is 147 Å². The summed E-state index contributed by atoms with van der Waals surface area (Å²) in [6, 6.07) is 9.28. The van der Waals surface area contributed by atoms with Gasteiger partial charge in [-0.15, -0.1) is 0 Å². The Hall–Kier alpha value is -2.01. The number of hydrogen-bond acceptors (Lipinski definition) is 3. The molecule has 1 amide bonds. The van der Waals surface area contributed by atoms with E-state index >= 15 is 0 Å². The summed E-state index contributed by atoms with van der Waals surface area (Å²) in [5.74, 6) is 0.230. The molecule has 3 unspecified atom stereocenters. The minimum Gasteiger partial charge on any atom is -0.348 e. The van der Waals surface area contributed by atoms with Crippen LogP contribution < -0.4 is 10.6 Å². The van der Waals surface area contributed by atoms with Gasteiger partial charge in [-0.3, -0.25) is 4.79 Å². The fraction of sp³-hybridized carbons (Fsp3) is 0.500. The lowest BCUT2D eigenvalue weighted by molar-refractivity contribution is 0.0927. The van der Waals surface area contributed by atoms with Crippen LogP contribution in [0.5, 0.6) is 0 Å². The molecule has 0 spiro atoms. The van der Waals surface area contributed by atoms with E-state index in [-0.39, 0.29) is 17.8 Å². The van der Waals surface area contributed by atoms with E-state index in [4.69, 9.17) is 0 Å². The molecule has 3 atom stereocenters. The van der Waals surface area contributed by atoms with Crippen molar-refractivity contribution in [1.82, 2.24) is 15.6 Å². The standard InChI is InChI=1S/C20H24FN3O/c1-12(8-13-9-16-4-5-17(10-13)23-16)22-20(25)19-6-2-14-11-15(21)3-7-18(14)24-19/h2-3,6-7,11-13,16-17,23H,4-5,8-10H2,1H3,(H,22,25). The molecule has 2 fully saturated rings. The van der Waals surface area contributed by atoms with Gasteiger partial charge in [0.25, 0.3) is 5.91 Å². The number of hydrogen-bond donors (Lipinski definition) is 2. The summed E-state index contributed by atoms with van der Waals surface area (Å²) in [5.41, 5.74) is 1.02. The van der Waals surface area contributed by atoms with Crippen molar-refractivity contribution >= 4 is 16.8 Å². The SMILES string of the molecule is CC(CC1CC2CCC(C1)N2)NC(=O)c1ccc2cc(F)ccc2n1. The van der Waals surface area contributed by atoms with E-state index in [1.165, 1.54) is 37.8 Å². The van der Waals surface area contributed by atoms with Gasteiger partial charge in [0, 0.05) is 23.5 Å². The topological polar surface area (TPSA) is 54.0 Å². The van der Waals surface area contributed by atoms with Crippen molar-refractivity contribution < 1.29 is 9.18 Å². The average molecular weight is 341 g/mol. The van der Waals surface area contributed by atoms with E-state index in [0.29, 0.717) is 34.6 Å². The first-order valence-corrected chi connectivity index (χ1v) is 9.20. The van der Waals surface area contributed by atoms with Crippen LogP contribution in [0, 0.1) is 11.7 Å². The molecule has 25 heavy (non-hydrogen) atoms. The number of pyridine rings is 1. The average Bonchev–Trinajstić information content (AvgIpc) is 2.92. The molecule has 0 aliphatic carbocycles. The van der Waals surface area contributed by atoms with Gasteiger partial charge >= 0.3 is 0 Å². The summed E-state index contributed by atoms with van der Waals surface area (Å²) in [6.45, 7) is 2.07. The maximum absolute atomic E-state index is 13.2. The number of benzene rings is 1. The van der Waals surface area contributed by atoms with Gasteiger partial charge in [0.1, 0.15) is 11.5 Å². The molecule has 4 nitrogen and oxygen atoms in total. The first-order chi connectivity index (χ1) is 12.1. The third-order valence-corrected chi connectivity index (χ3v) is 5.52. The van der Waals surface area contributed by atoms with Crippen LogP contribution in [0.3, 0.4) is 0 Å². The lowest BCUT2D eigenvalue weighted by Gasteiger charge is -2.31. The molecule has 4 rings (SSSR count). The minimum absolute atomic E-state index is 0.126. The number of halogens is 1. The van der Waals surface area contributed by atoms with Gasteiger partial charge in [0.2, 0.25) is 0 Å². The number of nitrogens with one attached hydrogen (secondary N) is 2. The van der Waals surface area contributed by atoms with Crippen molar-refractivity contribution in [2.24, 2.45) is 5.92 Å². The molecule has 2 bridgehead atoms. The molecular weight excluding hydrogens is 317 g/mol. The molecule has 5 heteroatoms. The van der Waals surface area contributed by atoms with Crippen LogP contribution in [0.1, 0.15) is 49.5 Å². The second-order valence-electron chi connectivity index (χ2n) is 7.62. The summed E-state index contributed by atoms with van der Waals surface area (Å²) in [6.07, 6.45) is 6.04. The smallest absolute Gasteiger partial charge is 0.270 e. The number of amides is 1. The lowest BCUT2D eigenvalue weighted by atomic mass is 9.87. The van der Waals surface area contributed by atoms with Gasteiger partial charge < -0.3 is 10.6 Å². The molecule has 2 N–H and O–H groups in total. The van der Waals surface area contributed by atoms with Gasteiger partial charge in [-0.2, -0.15) is 0 Å². The number of fused-ring (bicyclic) bond motifs is 3. The normalized spacial score (nSPS) is 26.6. The maximum atomic E-state index is 13.2. The third-order valence-electron chi connectivity index (χ3n) is 5.52. The predicted octanol–water partition coefficient (Wildman–Crippen LogP) is 3.41. The fourth-order valence-electron chi connectivity index (χ4n) is 4.45. The highest BCUT2D eigenvalue weighted by molar-refractivity contribution is 5.95. The van der Waals surface area contributed by atoms with E-state index in [9.17, 15) is 9.18 Å². The Morgan fingerprint density at radius 3 is 2.80 bits per heavy atom. The fourth-order valence-corrected chi connectivity index (χ4v) is 4.45. The maximum Gasteiger partial charge on any atom is 0.270 e. The molecule has 132 valence electrons. The molecule has 2 aliphatic rings. The predicted molar refractivity (Wildman–Crippen MR) is 95.9 cm³/mol. The highest BCUT2D eigenvalue weighted by Gasteiger charge is 2.33.